The van der Waals surface area contributed by atoms with E-state index in [9.17, 15) is 9.00 Å². The van der Waals surface area contributed by atoms with Gasteiger partial charge < -0.3 is 19.3 Å². The second-order valence-corrected chi connectivity index (χ2v) is 15.8. The molecule has 2 saturated heterocycles. The molecule has 0 N–H and O–H groups in total. The number of amides is 1. The molecular formula is C34H52N4O4S. The van der Waals surface area contributed by atoms with E-state index >= 15 is 0 Å². The van der Waals surface area contributed by atoms with Crippen LogP contribution in [0.15, 0.2) is 24.3 Å². The third-order valence-electron chi connectivity index (χ3n) is 9.28. The lowest BCUT2D eigenvalue weighted by Gasteiger charge is -2.43. The van der Waals surface area contributed by atoms with Gasteiger partial charge in [0.1, 0.15) is 18.1 Å². The maximum absolute atomic E-state index is 13.8. The summed E-state index contributed by atoms with van der Waals surface area (Å²) in [6.45, 7) is 14.4. The largest absolute Gasteiger partial charge is 0.488 e. The molecule has 0 spiro atoms. The highest BCUT2D eigenvalue weighted by Crippen LogP contribution is 2.35. The quantitative estimate of drug-likeness (QED) is 0.367. The molecule has 2 aromatic rings. The maximum Gasteiger partial charge on any atom is 0.273 e. The lowest BCUT2D eigenvalue weighted by atomic mass is 9.87. The zero-order chi connectivity index (χ0) is 31.5. The Kier molecular flexibility index (Phi) is 10.5. The van der Waals surface area contributed by atoms with Crippen LogP contribution in [-0.2, 0) is 28.2 Å². The SMILES string of the molecule is C=S(C)(=O)N(C)C1CCN(C2CCN(C(=O)c3nc(OC)c(CC)c(OCc4ccc(C(C)(C)C)cc4)c3C)CC2)CC1. The molecule has 2 fully saturated rings. The molecule has 1 amide bonds. The van der Waals surface area contributed by atoms with Crippen LogP contribution in [0.2, 0.25) is 0 Å². The van der Waals surface area contributed by atoms with Crippen LogP contribution in [-0.4, -0.2) is 93.8 Å². The van der Waals surface area contributed by atoms with E-state index in [4.69, 9.17) is 14.5 Å². The van der Waals surface area contributed by atoms with E-state index in [1.165, 1.54) is 5.56 Å². The first-order valence-corrected chi connectivity index (χ1v) is 17.7. The number of carbonyl (C=O) groups is 1. The summed E-state index contributed by atoms with van der Waals surface area (Å²) in [4.78, 5) is 23.0. The predicted molar refractivity (Wildman–Crippen MR) is 177 cm³/mol. The smallest absolute Gasteiger partial charge is 0.273 e. The molecule has 0 radical (unpaired) electrons. The van der Waals surface area contributed by atoms with Gasteiger partial charge in [-0.05, 0) is 81.6 Å². The van der Waals surface area contributed by atoms with Gasteiger partial charge in [0.05, 0.1) is 12.7 Å². The molecule has 0 aliphatic carbocycles. The van der Waals surface area contributed by atoms with Gasteiger partial charge in [-0.15, -0.1) is 0 Å². The molecule has 238 valence electrons. The number of piperidine rings is 2. The normalized spacial score (nSPS) is 19.0. The number of ether oxygens (including phenoxy) is 2. The van der Waals surface area contributed by atoms with Crippen LogP contribution in [0, 0.1) is 6.92 Å². The average molecular weight is 613 g/mol. The highest BCUT2D eigenvalue weighted by atomic mass is 32.2. The fourth-order valence-electron chi connectivity index (χ4n) is 6.34. The first kappa shape index (κ1) is 33.3. The van der Waals surface area contributed by atoms with Crippen molar-refractivity contribution in [2.45, 2.75) is 90.8 Å². The number of hydrogen-bond acceptors (Lipinski definition) is 6. The summed E-state index contributed by atoms with van der Waals surface area (Å²) in [5, 5.41) is 0. The number of methoxy groups -OCH3 is 1. The Morgan fingerprint density at radius 1 is 1.09 bits per heavy atom. The third-order valence-corrected chi connectivity index (χ3v) is 10.8. The van der Waals surface area contributed by atoms with E-state index in [-0.39, 0.29) is 11.3 Å². The zero-order valence-electron chi connectivity index (χ0n) is 27.6. The molecule has 4 rings (SSSR count). The molecule has 1 aromatic heterocycles. The molecule has 43 heavy (non-hydrogen) atoms. The summed E-state index contributed by atoms with van der Waals surface area (Å²) in [7, 11) is 1.35. The number of rotatable bonds is 9. The Labute approximate surface area is 259 Å². The zero-order valence-corrected chi connectivity index (χ0v) is 28.4. The Balaban J connectivity index is 1.43. The monoisotopic (exact) mass is 612 g/mol. The van der Waals surface area contributed by atoms with Crippen LogP contribution < -0.4 is 9.47 Å². The van der Waals surface area contributed by atoms with Crippen molar-refractivity contribution < 1.29 is 18.5 Å². The number of aromatic nitrogens is 1. The molecule has 9 heteroatoms. The lowest BCUT2D eigenvalue weighted by Crippen LogP contribution is -2.52. The van der Waals surface area contributed by atoms with Crippen molar-refractivity contribution in [2.75, 3.05) is 46.6 Å². The fraction of sp³-hybridized carbons (Fsp3) is 0.618. The molecule has 8 nitrogen and oxygen atoms in total. The Morgan fingerprint density at radius 2 is 1.70 bits per heavy atom. The highest BCUT2D eigenvalue weighted by molar-refractivity contribution is 7.97. The van der Waals surface area contributed by atoms with E-state index in [1.54, 1.807) is 13.4 Å². The van der Waals surface area contributed by atoms with Crippen molar-refractivity contribution in [3.8, 4) is 11.6 Å². The number of likely N-dealkylation sites (tertiary alicyclic amines) is 2. The van der Waals surface area contributed by atoms with Crippen LogP contribution in [0.1, 0.15) is 86.1 Å². The molecule has 0 bridgehead atoms. The highest BCUT2D eigenvalue weighted by Gasteiger charge is 2.33. The Morgan fingerprint density at radius 3 is 2.21 bits per heavy atom. The maximum atomic E-state index is 13.8. The summed E-state index contributed by atoms with van der Waals surface area (Å²) in [6, 6.07) is 9.30. The van der Waals surface area contributed by atoms with E-state index in [0.717, 1.165) is 55.5 Å². The molecule has 1 aromatic carbocycles. The number of benzene rings is 1. The lowest BCUT2D eigenvalue weighted by molar-refractivity contribution is 0.0542. The molecule has 1 unspecified atom stereocenters. The standard InChI is InChI=1S/C34H52N4O4S/c1-10-29-31(42-23-25-11-13-26(14-12-25)34(3,4)5)24(2)30(35-32(29)41-7)33(39)38-21-17-28(18-22-38)37-19-15-27(16-20-37)36(6)43(8,9)40/h11-14,27-28H,8,10,15-23H2,1-7,9H3. The van der Waals surface area contributed by atoms with Gasteiger partial charge in [-0.3, -0.25) is 9.00 Å². The van der Waals surface area contributed by atoms with Gasteiger partial charge in [-0.25, -0.2) is 9.29 Å². The Bertz CT molecular complexity index is 1370. The van der Waals surface area contributed by atoms with Crippen molar-refractivity contribution in [3.05, 3.63) is 52.2 Å². The van der Waals surface area contributed by atoms with Crippen LogP contribution in [0.3, 0.4) is 0 Å². The first-order valence-electron chi connectivity index (χ1n) is 15.6. The van der Waals surface area contributed by atoms with Crippen LogP contribution in [0.4, 0.5) is 0 Å². The van der Waals surface area contributed by atoms with E-state index in [1.807, 2.05) is 23.2 Å². The first-order chi connectivity index (χ1) is 20.2. The fourth-order valence-corrected chi connectivity index (χ4v) is 7.18. The summed E-state index contributed by atoms with van der Waals surface area (Å²) < 4.78 is 26.4. The van der Waals surface area contributed by atoms with E-state index < -0.39 is 9.71 Å². The van der Waals surface area contributed by atoms with Gasteiger partial charge in [0.25, 0.3) is 5.91 Å². The summed E-state index contributed by atoms with van der Waals surface area (Å²) in [5.74, 6) is 4.93. The average Bonchev–Trinajstić information content (AvgIpc) is 2.99. The molecule has 1 atom stereocenters. The van der Waals surface area contributed by atoms with Crippen molar-refractivity contribution in [2.24, 2.45) is 0 Å². The van der Waals surface area contributed by atoms with Crippen molar-refractivity contribution >= 4 is 21.5 Å². The number of hydrogen-bond donors (Lipinski definition) is 0. The number of carbonyl (C=O) groups excluding carboxylic acids is 1. The molecule has 3 heterocycles. The van der Waals surface area contributed by atoms with Crippen molar-refractivity contribution in [1.82, 2.24) is 19.1 Å². The number of nitrogens with zero attached hydrogens (tertiary/aromatic N) is 4. The topological polar surface area (TPSA) is 75.2 Å². The van der Waals surface area contributed by atoms with Crippen molar-refractivity contribution in [3.63, 3.8) is 0 Å². The predicted octanol–water partition coefficient (Wildman–Crippen LogP) is 5.10. The number of pyridine rings is 1. The minimum absolute atomic E-state index is 0.0650. The van der Waals surface area contributed by atoms with Gasteiger partial charge in [0, 0.05) is 46.7 Å². The van der Waals surface area contributed by atoms with E-state index in [2.05, 4.69) is 62.7 Å². The molecular weight excluding hydrogens is 560 g/mol. The second-order valence-electron chi connectivity index (χ2n) is 13.3. The van der Waals surface area contributed by atoms with Gasteiger partial charge in [0.15, 0.2) is 0 Å². The Hall–Kier alpha value is -2.62. The van der Waals surface area contributed by atoms with Crippen molar-refractivity contribution in [1.29, 1.82) is 0 Å². The van der Waals surface area contributed by atoms with Crippen LogP contribution in [0.25, 0.3) is 0 Å². The van der Waals surface area contributed by atoms with Gasteiger partial charge in [-0.1, -0.05) is 52.0 Å². The molecule has 0 saturated carbocycles. The van der Waals surface area contributed by atoms with Crippen LogP contribution >= 0.6 is 0 Å². The summed E-state index contributed by atoms with van der Waals surface area (Å²) in [5.41, 5.74) is 4.50. The molecule has 2 aliphatic heterocycles. The van der Waals surface area contributed by atoms with Gasteiger partial charge in [-0.2, -0.15) is 0 Å². The van der Waals surface area contributed by atoms with Gasteiger partial charge in [0.2, 0.25) is 5.88 Å². The minimum atomic E-state index is -2.18. The van der Waals surface area contributed by atoms with Gasteiger partial charge >= 0.3 is 0 Å². The third kappa shape index (κ3) is 7.73. The summed E-state index contributed by atoms with van der Waals surface area (Å²) in [6.07, 6.45) is 6.26. The molecule has 2 aliphatic rings. The minimum Gasteiger partial charge on any atom is -0.488 e. The van der Waals surface area contributed by atoms with Crippen LogP contribution in [0.5, 0.6) is 11.6 Å². The van der Waals surface area contributed by atoms with E-state index in [0.29, 0.717) is 55.5 Å². The summed E-state index contributed by atoms with van der Waals surface area (Å²) >= 11 is 0. The second kappa shape index (κ2) is 13.6.